The molecule has 96 valence electrons. The second-order valence-electron chi connectivity index (χ2n) is 4.98. The number of hydrogen-bond acceptors (Lipinski definition) is 1. The average molecular weight is 322 g/mol. The summed E-state index contributed by atoms with van der Waals surface area (Å²) in [5.41, 5.74) is 3.94. The van der Waals surface area contributed by atoms with E-state index >= 15 is 0 Å². The predicted molar refractivity (Wildman–Crippen MR) is 86.4 cm³/mol. The number of hydrogen-bond donors (Lipinski definition) is 0. The van der Waals surface area contributed by atoms with Crippen LogP contribution in [0.3, 0.4) is 0 Å². The van der Waals surface area contributed by atoms with Gasteiger partial charge >= 0.3 is 123 Å². The van der Waals surface area contributed by atoms with E-state index in [-0.39, 0.29) is 0 Å². The van der Waals surface area contributed by atoms with E-state index in [9.17, 15) is 0 Å². The van der Waals surface area contributed by atoms with Crippen molar-refractivity contribution in [3.63, 3.8) is 0 Å². The third-order valence-corrected chi connectivity index (χ3v) is 6.00. The Bertz CT molecular complexity index is 921. The molecular weight excluding hydrogens is 309 g/mol. The van der Waals surface area contributed by atoms with Crippen LogP contribution in [0.25, 0.3) is 30.6 Å². The number of rotatable bonds is 1. The standard InChI is InChI=1S/C18H13NSe/c1-12-5-2-3-6-14(12)13-8-9-17-16(11-13)15-7-4-10-19-18(15)20-17/h2-11H,1H3. The summed E-state index contributed by atoms with van der Waals surface area (Å²) in [6.07, 6.45) is 1.90. The first-order chi connectivity index (χ1) is 9.83. The minimum absolute atomic E-state index is 0.357. The monoisotopic (exact) mass is 323 g/mol. The van der Waals surface area contributed by atoms with Gasteiger partial charge in [0.15, 0.2) is 0 Å². The van der Waals surface area contributed by atoms with Crippen LogP contribution in [-0.2, 0) is 0 Å². The van der Waals surface area contributed by atoms with Crippen molar-refractivity contribution >= 4 is 33.9 Å². The zero-order valence-corrected chi connectivity index (χ0v) is 12.8. The zero-order valence-electron chi connectivity index (χ0n) is 11.1. The quantitative estimate of drug-likeness (QED) is 0.473. The normalized spacial score (nSPS) is 11.2. The first-order valence-corrected chi connectivity index (χ1v) is 8.37. The molecule has 0 aliphatic heterocycles. The van der Waals surface area contributed by atoms with Gasteiger partial charge in [0, 0.05) is 0 Å². The van der Waals surface area contributed by atoms with Gasteiger partial charge in [0.05, 0.1) is 0 Å². The molecule has 0 aliphatic rings. The molecule has 0 atom stereocenters. The molecule has 4 aromatic rings. The minimum atomic E-state index is 0.357. The van der Waals surface area contributed by atoms with E-state index in [1.165, 1.54) is 36.1 Å². The molecule has 0 saturated heterocycles. The molecule has 2 aromatic heterocycles. The number of fused-ring (bicyclic) bond motifs is 3. The molecule has 0 spiro atoms. The van der Waals surface area contributed by atoms with Gasteiger partial charge in [0.1, 0.15) is 0 Å². The van der Waals surface area contributed by atoms with Gasteiger partial charge in [-0.15, -0.1) is 0 Å². The summed E-state index contributed by atoms with van der Waals surface area (Å²) in [7, 11) is 0. The summed E-state index contributed by atoms with van der Waals surface area (Å²) >= 11 is 0.357. The van der Waals surface area contributed by atoms with Gasteiger partial charge in [-0.05, 0) is 0 Å². The molecule has 0 saturated carbocycles. The van der Waals surface area contributed by atoms with Gasteiger partial charge in [-0.25, -0.2) is 0 Å². The summed E-state index contributed by atoms with van der Waals surface area (Å²) in [6, 6.07) is 19.6. The molecule has 1 nitrogen and oxygen atoms in total. The van der Waals surface area contributed by atoms with Gasteiger partial charge in [0.2, 0.25) is 0 Å². The SMILES string of the molecule is Cc1ccccc1-c1ccc2[se]c3ncccc3c2c1. The molecule has 0 aliphatic carbocycles. The van der Waals surface area contributed by atoms with E-state index < -0.39 is 0 Å². The van der Waals surface area contributed by atoms with E-state index in [2.05, 4.69) is 60.4 Å². The molecule has 0 amide bonds. The van der Waals surface area contributed by atoms with Crippen LogP contribution in [0.2, 0.25) is 0 Å². The maximum atomic E-state index is 4.52. The third kappa shape index (κ3) is 1.81. The van der Waals surface area contributed by atoms with Gasteiger partial charge in [-0.2, -0.15) is 0 Å². The molecule has 0 unspecified atom stereocenters. The molecule has 2 aromatic carbocycles. The molecular formula is C18H13NSe. The van der Waals surface area contributed by atoms with Crippen molar-refractivity contribution in [1.29, 1.82) is 0 Å². The fourth-order valence-corrected chi connectivity index (χ4v) is 4.83. The Labute approximate surface area is 123 Å². The van der Waals surface area contributed by atoms with Crippen LogP contribution in [0, 0.1) is 6.92 Å². The fraction of sp³-hybridized carbons (Fsp3) is 0.0556. The van der Waals surface area contributed by atoms with Crippen molar-refractivity contribution in [1.82, 2.24) is 4.98 Å². The topological polar surface area (TPSA) is 12.9 Å². The van der Waals surface area contributed by atoms with Gasteiger partial charge in [-0.3, -0.25) is 0 Å². The molecule has 2 heteroatoms. The van der Waals surface area contributed by atoms with Crippen LogP contribution < -0.4 is 0 Å². The zero-order chi connectivity index (χ0) is 13.5. The Hall–Kier alpha value is -1.89. The van der Waals surface area contributed by atoms with Crippen molar-refractivity contribution in [2.45, 2.75) is 6.92 Å². The predicted octanol–water partition coefficient (Wildman–Crippen LogP) is 4.42. The number of aromatic nitrogens is 1. The number of pyridine rings is 1. The van der Waals surface area contributed by atoms with Crippen LogP contribution in [0.5, 0.6) is 0 Å². The number of nitrogens with zero attached hydrogens (tertiary/aromatic N) is 1. The van der Waals surface area contributed by atoms with Gasteiger partial charge < -0.3 is 0 Å². The first-order valence-electron chi connectivity index (χ1n) is 6.66. The first kappa shape index (κ1) is 11.9. The molecule has 0 bridgehead atoms. The summed E-state index contributed by atoms with van der Waals surface area (Å²) in [5, 5.41) is 2.69. The van der Waals surface area contributed by atoms with Crippen LogP contribution in [0.15, 0.2) is 60.8 Å². The Kier molecular flexibility index (Phi) is 2.73. The summed E-state index contributed by atoms with van der Waals surface area (Å²) < 4.78 is 2.71. The Morgan fingerprint density at radius 2 is 1.80 bits per heavy atom. The third-order valence-electron chi connectivity index (χ3n) is 3.70. The molecule has 2 heterocycles. The van der Waals surface area contributed by atoms with E-state index in [1.54, 1.807) is 0 Å². The number of aryl methyl sites for hydroxylation is 1. The van der Waals surface area contributed by atoms with Crippen LogP contribution in [0.1, 0.15) is 5.56 Å². The second kappa shape index (κ2) is 4.59. The number of benzene rings is 2. The van der Waals surface area contributed by atoms with E-state index in [0.717, 1.165) is 0 Å². The van der Waals surface area contributed by atoms with Crippen LogP contribution in [-0.4, -0.2) is 19.5 Å². The molecule has 20 heavy (non-hydrogen) atoms. The van der Waals surface area contributed by atoms with Crippen molar-refractivity contribution in [2.24, 2.45) is 0 Å². The van der Waals surface area contributed by atoms with Gasteiger partial charge in [0.25, 0.3) is 0 Å². The van der Waals surface area contributed by atoms with Crippen molar-refractivity contribution < 1.29 is 0 Å². The van der Waals surface area contributed by atoms with Crippen molar-refractivity contribution in [3.8, 4) is 11.1 Å². The molecule has 4 rings (SSSR count). The van der Waals surface area contributed by atoms with Crippen LogP contribution in [0.4, 0.5) is 0 Å². The Balaban J connectivity index is 2.03. The van der Waals surface area contributed by atoms with Crippen LogP contribution >= 0.6 is 0 Å². The maximum absolute atomic E-state index is 4.52. The summed E-state index contributed by atoms with van der Waals surface area (Å²) in [5.74, 6) is 0. The second-order valence-corrected chi connectivity index (χ2v) is 7.15. The van der Waals surface area contributed by atoms with Gasteiger partial charge in [-0.1, -0.05) is 0 Å². The summed E-state index contributed by atoms with van der Waals surface area (Å²) in [6.45, 7) is 2.17. The van der Waals surface area contributed by atoms with Crippen molar-refractivity contribution in [2.75, 3.05) is 0 Å². The molecule has 0 fully saturated rings. The fourth-order valence-electron chi connectivity index (χ4n) is 2.68. The average Bonchev–Trinajstić information content (AvgIpc) is 2.85. The van der Waals surface area contributed by atoms with E-state index in [4.69, 9.17) is 0 Å². The summed E-state index contributed by atoms with van der Waals surface area (Å²) in [4.78, 5) is 4.52. The van der Waals surface area contributed by atoms with E-state index in [0.29, 0.717) is 14.5 Å². The van der Waals surface area contributed by atoms with E-state index in [1.807, 2.05) is 12.3 Å². The molecule has 0 N–H and O–H groups in total. The molecule has 0 radical (unpaired) electrons. The van der Waals surface area contributed by atoms with Crippen molar-refractivity contribution in [3.05, 3.63) is 66.4 Å². The Morgan fingerprint density at radius 1 is 0.900 bits per heavy atom. The Morgan fingerprint density at radius 3 is 2.70 bits per heavy atom.